The molecule has 2 aromatic rings. The fraction of sp³-hybridized carbons (Fsp3) is 0.333. The van der Waals surface area contributed by atoms with E-state index in [2.05, 4.69) is 30.8 Å². The molecule has 0 unspecified atom stereocenters. The Labute approximate surface area is 139 Å². The Morgan fingerprint density at radius 1 is 1.13 bits per heavy atom. The lowest BCUT2D eigenvalue weighted by atomic mass is 10.1. The van der Waals surface area contributed by atoms with Crippen LogP contribution < -0.4 is 4.74 Å². The molecule has 3 rings (SSSR count). The molecular formula is C15H13BrF3N3O. The van der Waals surface area contributed by atoms with Gasteiger partial charge in [-0.15, -0.1) is 0 Å². The second-order valence-electron chi connectivity index (χ2n) is 5.31. The minimum atomic E-state index is -4.29. The summed E-state index contributed by atoms with van der Waals surface area (Å²) >= 11 is 3.20. The van der Waals surface area contributed by atoms with Crippen LogP contribution >= 0.6 is 15.9 Å². The van der Waals surface area contributed by atoms with Crippen LogP contribution in [0.25, 0.3) is 0 Å². The van der Waals surface area contributed by atoms with Crippen molar-refractivity contribution in [3.05, 3.63) is 52.4 Å². The molecule has 0 amide bonds. The molecule has 1 aliphatic rings. The van der Waals surface area contributed by atoms with Crippen molar-refractivity contribution in [2.45, 2.75) is 18.8 Å². The molecule has 1 aromatic heterocycles. The predicted molar refractivity (Wildman–Crippen MR) is 80.9 cm³/mol. The summed E-state index contributed by atoms with van der Waals surface area (Å²) in [6, 6.07) is 5.25. The number of benzene rings is 1. The molecule has 1 aromatic carbocycles. The van der Waals surface area contributed by atoms with E-state index in [1.165, 1.54) is 12.1 Å². The molecule has 2 heterocycles. The van der Waals surface area contributed by atoms with E-state index in [4.69, 9.17) is 4.74 Å². The zero-order valence-corrected chi connectivity index (χ0v) is 13.5. The molecule has 0 atom stereocenters. The largest absolute Gasteiger partial charge is 0.471 e. The summed E-state index contributed by atoms with van der Waals surface area (Å²) in [5.41, 5.74) is 0.222. The van der Waals surface area contributed by atoms with Gasteiger partial charge < -0.3 is 4.74 Å². The van der Waals surface area contributed by atoms with Crippen LogP contribution in [0.5, 0.6) is 5.88 Å². The molecule has 122 valence electrons. The highest BCUT2D eigenvalue weighted by atomic mass is 79.9. The van der Waals surface area contributed by atoms with Crippen molar-refractivity contribution in [2.75, 3.05) is 13.1 Å². The summed E-state index contributed by atoms with van der Waals surface area (Å²) in [7, 11) is 0. The number of hydrogen-bond donors (Lipinski definition) is 0. The van der Waals surface area contributed by atoms with Crippen LogP contribution in [0.1, 0.15) is 11.1 Å². The molecule has 8 heteroatoms. The van der Waals surface area contributed by atoms with Crippen molar-refractivity contribution in [1.82, 2.24) is 14.9 Å². The van der Waals surface area contributed by atoms with E-state index in [0.29, 0.717) is 30.1 Å². The highest BCUT2D eigenvalue weighted by Crippen LogP contribution is 2.29. The topological polar surface area (TPSA) is 38.2 Å². The maximum atomic E-state index is 12.5. The first-order valence-corrected chi connectivity index (χ1v) is 7.72. The van der Waals surface area contributed by atoms with Gasteiger partial charge in [-0.3, -0.25) is 4.90 Å². The molecule has 0 aliphatic carbocycles. The maximum Gasteiger partial charge on any atom is 0.416 e. The Balaban J connectivity index is 1.47. The first-order valence-electron chi connectivity index (χ1n) is 6.93. The number of nitrogens with zero attached hydrogens (tertiary/aromatic N) is 3. The molecule has 0 N–H and O–H groups in total. The number of halogens is 4. The zero-order valence-electron chi connectivity index (χ0n) is 11.9. The van der Waals surface area contributed by atoms with Crippen molar-refractivity contribution < 1.29 is 17.9 Å². The number of aromatic nitrogens is 2. The minimum absolute atomic E-state index is 0.0277. The van der Waals surface area contributed by atoms with Gasteiger partial charge in [-0.05, 0) is 33.6 Å². The van der Waals surface area contributed by atoms with E-state index in [1.807, 2.05) is 0 Å². The molecule has 1 saturated heterocycles. The standard InChI is InChI=1S/C15H13BrF3N3O/c16-13-5-21-14(6-20-13)23-12-8-22(9-12)7-10-1-3-11(4-2-10)15(17,18)19/h1-6,12H,7-9H2. The van der Waals surface area contributed by atoms with Crippen molar-refractivity contribution in [2.24, 2.45) is 0 Å². The number of rotatable bonds is 4. The third kappa shape index (κ3) is 4.20. The van der Waals surface area contributed by atoms with Crippen LogP contribution in [0.2, 0.25) is 0 Å². The van der Waals surface area contributed by atoms with Gasteiger partial charge in [0.05, 0.1) is 18.0 Å². The van der Waals surface area contributed by atoms with Gasteiger partial charge in [-0.25, -0.2) is 9.97 Å². The third-order valence-corrected chi connectivity index (χ3v) is 3.90. The fourth-order valence-corrected chi connectivity index (χ4v) is 2.52. The van der Waals surface area contributed by atoms with Crippen LogP contribution in [-0.4, -0.2) is 34.1 Å². The molecule has 0 spiro atoms. The molecule has 1 fully saturated rings. The summed E-state index contributed by atoms with van der Waals surface area (Å²) in [5.74, 6) is 0.465. The summed E-state index contributed by atoms with van der Waals surface area (Å²) in [6.45, 7) is 2.02. The first-order chi connectivity index (χ1) is 10.9. The summed E-state index contributed by atoms with van der Waals surface area (Å²) in [4.78, 5) is 10.2. The number of alkyl halides is 3. The van der Waals surface area contributed by atoms with Gasteiger partial charge in [0.1, 0.15) is 10.7 Å². The van der Waals surface area contributed by atoms with E-state index in [9.17, 15) is 13.2 Å². The number of hydrogen-bond acceptors (Lipinski definition) is 4. The normalized spacial score (nSPS) is 16.2. The Hall–Kier alpha value is -1.67. The van der Waals surface area contributed by atoms with Crippen LogP contribution in [0, 0.1) is 0 Å². The van der Waals surface area contributed by atoms with Crippen molar-refractivity contribution in [1.29, 1.82) is 0 Å². The summed E-state index contributed by atoms with van der Waals surface area (Å²) in [5, 5.41) is 0. The number of likely N-dealkylation sites (tertiary alicyclic amines) is 1. The van der Waals surface area contributed by atoms with E-state index in [-0.39, 0.29) is 6.10 Å². The van der Waals surface area contributed by atoms with Gasteiger partial charge >= 0.3 is 6.18 Å². The Morgan fingerprint density at radius 3 is 2.39 bits per heavy atom. The van der Waals surface area contributed by atoms with E-state index < -0.39 is 11.7 Å². The van der Waals surface area contributed by atoms with E-state index >= 15 is 0 Å². The van der Waals surface area contributed by atoms with Gasteiger partial charge in [-0.2, -0.15) is 13.2 Å². The van der Waals surface area contributed by atoms with Crippen molar-refractivity contribution >= 4 is 15.9 Å². The Kier molecular flexibility index (Phi) is 4.54. The molecule has 4 nitrogen and oxygen atoms in total. The predicted octanol–water partition coefficient (Wildman–Crippen LogP) is 3.52. The van der Waals surface area contributed by atoms with Gasteiger partial charge in [0, 0.05) is 19.6 Å². The molecule has 0 radical (unpaired) electrons. The third-order valence-electron chi connectivity index (χ3n) is 3.50. The van der Waals surface area contributed by atoms with Gasteiger partial charge in [0.2, 0.25) is 5.88 Å². The molecule has 0 saturated carbocycles. The summed E-state index contributed by atoms with van der Waals surface area (Å²) in [6.07, 6.45) is -1.16. The van der Waals surface area contributed by atoms with Crippen LogP contribution in [0.15, 0.2) is 41.3 Å². The minimum Gasteiger partial charge on any atom is -0.471 e. The zero-order chi connectivity index (χ0) is 16.4. The Morgan fingerprint density at radius 2 is 1.83 bits per heavy atom. The molecular weight excluding hydrogens is 375 g/mol. The average Bonchev–Trinajstić information content (AvgIpc) is 2.47. The second kappa shape index (κ2) is 6.45. The van der Waals surface area contributed by atoms with E-state index in [1.54, 1.807) is 12.4 Å². The molecule has 1 aliphatic heterocycles. The van der Waals surface area contributed by atoms with Crippen molar-refractivity contribution in [3.8, 4) is 5.88 Å². The lowest BCUT2D eigenvalue weighted by Gasteiger charge is -2.38. The molecule has 23 heavy (non-hydrogen) atoms. The van der Waals surface area contributed by atoms with Crippen LogP contribution in [0.3, 0.4) is 0 Å². The van der Waals surface area contributed by atoms with Gasteiger partial charge in [-0.1, -0.05) is 12.1 Å². The Bertz CT molecular complexity index is 655. The lowest BCUT2D eigenvalue weighted by molar-refractivity contribution is -0.137. The number of ether oxygens (including phenoxy) is 1. The maximum absolute atomic E-state index is 12.5. The van der Waals surface area contributed by atoms with Gasteiger partial charge in [0.15, 0.2) is 0 Å². The fourth-order valence-electron chi connectivity index (χ4n) is 2.32. The lowest BCUT2D eigenvalue weighted by Crippen LogP contribution is -2.53. The highest BCUT2D eigenvalue weighted by molar-refractivity contribution is 9.10. The molecule has 0 bridgehead atoms. The monoisotopic (exact) mass is 387 g/mol. The van der Waals surface area contributed by atoms with Crippen molar-refractivity contribution in [3.63, 3.8) is 0 Å². The average molecular weight is 388 g/mol. The summed E-state index contributed by atoms with van der Waals surface area (Å²) < 4.78 is 43.8. The smallest absolute Gasteiger partial charge is 0.416 e. The SMILES string of the molecule is FC(F)(F)c1ccc(CN2CC(Oc3cnc(Br)cn3)C2)cc1. The van der Waals surface area contributed by atoms with Crippen LogP contribution in [-0.2, 0) is 12.7 Å². The van der Waals surface area contributed by atoms with Crippen LogP contribution in [0.4, 0.5) is 13.2 Å². The first kappa shape index (κ1) is 16.2. The van der Waals surface area contributed by atoms with E-state index in [0.717, 1.165) is 17.7 Å². The highest BCUT2D eigenvalue weighted by Gasteiger charge is 2.31. The second-order valence-corrected chi connectivity index (χ2v) is 6.12. The van der Waals surface area contributed by atoms with Gasteiger partial charge in [0.25, 0.3) is 0 Å². The quantitative estimate of drug-likeness (QED) is 0.804.